The van der Waals surface area contributed by atoms with Crippen LogP contribution in [0.1, 0.15) is 29.2 Å². The molecular weight excluding hydrogens is 333 g/mol. The lowest BCUT2D eigenvalue weighted by atomic mass is 10.1. The third-order valence-corrected chi connectivity index (χ3v) is 4.15. The Morgan fingerprint density at radius 2 is 2.00 bits per heavy atom. The standard InChI is InChI=1S/C16H16FN3O5/c17-11-5-9-12(6-13(11)19(4-3-18)16(24)25)20(8-1-2-8)7-10(14(9)21)15(22)23/h5-8H,1-4,18H2,(H,22,23)(H,24,25). The molecule has 0 atom stereocenters. The van der Waals surface area contributed by atoms with Crippen LogP contribution in [-0.4, -0.2) is 39.9 Å². The predicted molar refractivity (Wildman–Crippen MR) is 87.8 cm³/mol. The molecule has 1 aliphatic rings. The molecule has 132 valence electrons. The summed E-state index contributed by atoms with van der Waals surface area (Å²) in [4.78, 5) is 35.8. The van der Waals surface area contributed by atoms with Crippen molar-refractivity contribution >= 4 is 28.7 Å². The molecule has 1 saturated carbocycles. The first-order chi connectivity index (χ1) is 11.8. The van der Waals surface area contributed by atoms with Crippen molar-refractivity contribution in [1.82, 2.24) is 4.57 Å². The van der Waals surface area contributed by atoms with E-state index in [2.05, 4.69) is 0 Å². The maximum atomic E-state index is 14.5. The summed E-state index contributed by atoms with van der Waals surface area (Å²) in [5.41, 5.74) is 4.23. The molecule has 1 amide bonds. The number of fused-ring (bicyclic) bond motifs is 1. The minimum absolute atomic E-state index is 0.00282. The van der Waals surface area contributed by atoms with Crippen LogP contribution in [-0.2, 0) is 0 Å². The van der Waals surface area contributed by atoms with Crippen LogP contribution in [0.25, 0.3) is 10.9 Å². The maximum absolute atomic E-state index is 14.5. The summed E-state index contributed by atoms with van der Waals surface area (Å²) < 4.78 is 16.1. The van der Waals surface area contributed by atoms with Gasteiger partial charge in [-0.2, -0.15) is 0 Å². The highest BCUT2D eigenvalue weighted by Gasteiger charge is 2.28. The quantitative estimate of drug-likeness (QED) is 0.753. The van der Waals surface area contributed by atoms with Gasteiger partial charge in [-0.05, 0) is 25.0 Å². The van der Waals surface area contributed by atoms with Gasteiger partial charge < -0.3 is 20.5 Å². The Kier molecular flexibility index (Phi) is 4.17. The number of carboxylic acids is 1. The van der Waals surface area contributed by atoms with Crippen LogP contribution in [0.5, 0.6) is 0 Å². The summed E-state index contributed by atoms with van der Waals surface area (Å²) in [5, 5.41) is 18.4. The Morgan fingerprint density at radius 3 is 2.52 bits per heavy atom. The molecule has 8 nitrogen and oxygen atoms in total. The molecule has 4 N–H and O–H groups in total. The number of hydrogen-bond donors (Lipinski definition) is 3. The van der Waals surface area contributed by atoms with E-state index in [1.165, 1.54) is 12.3 Å². The number of nitrogens with two attached hydrogens (primary N) is 1. The van der Waals surface area contributed by atoms with E-state index in [4.69, 9.17) is 5.73 Å². The molecule has 0 aliphatic heterocycles. The van der Waals surface area contributed by atoms with Gasteiger partial charge in [-0.1, -0.05) is 0 Å². The highest BCUT2D eigenvalue weighted by molar-refractivity contribution is 5.95. The van der Waals surface area contributed by atoms with Crippen LogP contribution in [0.4, 0.5) is 14.9 Å². The second-order valence-corrected chi connectivity index (χ2v) is 5.86. The lowest BCUT2D eigenvalue weighted by Gasteiger charge is -2.21. The molecular formula is C16H16FN3O5. The van der Waals surface area contributed by atoms with Gasteiger partial charge in [-0.25, -0.2) is 14.0 Å². The molecule has 0 bridgehead atoms. The normalized spacial score (nSPS) is 13.8. The summed E-state index contributed by atoms with van der Waals surface area (Å²) in [6.45, 7) is -0.115. The summed E-state index contributed by atoms with van der Waals surface area (Å²) in [5.74, 6) is -2.31. The van der Waals surface area contributed by atoms with E-state index in [0.29, 0.717) is 5.52 Å². The van der Waals surface area contributed by atoms with Crippen molar-refractivity contribution in [2.45, 2.75) is 18.9 Å². The van der Waals surface area contributed by atoms with E-state index >= 15 is 0 Å². The number of carboxylic acid groups (broad SMARTS) is 2. The summed E-state index contributed by atoms with van der Waals surface area (Å²) in [7, 11) is 0. The van der Waals surface area contributed by atoms with Crippen molar-refractivity contribution in [3.05, 3.63) is 39.9 Å². The molecule has 9 heteroatoms. The van der Waals surface area contributed by atoms with Crippen LogP contribution in [0.3, 0.4) is 0 Å². The zero-order valence-electron chi connectivity index (χ0n) is 13.1. The smallest absolute Gasteiger partial charge is 0.411 e. The molecule has 0 radical (unpaired) electrons. The van der Waals surface area contributed by atoms with Crippen molar-refractivity contribution in [2.24, 2.45) is 5.73 Å². The maximum Gasteiger partial charge on any atom is 0.411 e. The summed E-state index contributed by atoms with van der Waals surface area (Å²) in [6.07, 6.45) is 1.47. The third-order valence-electron chi connectivity index (χ3n) is 4.15. The highest BCUT2D eigenvalue weighted by Crippen LogP contribution is 2.38. The molecule has 1 fully saturated rings. The van der Waals surface area contributed by atoms with Gasteiger partial charge >= 0.3 is 12.1 Å². The van der Waals surface area contributed by atoms with Crippen LogP contribution < -0.4 is 16.1 Å². The van der Waals surface area contributed by atoms with Crippen molar-refractivity contribution in [3.8, 4) is 0 Å². The minimum Gasteiger partial charge on any atom is -0.477 e. The van der Waals surface area contributed by atoms with Crippen molar-refractivity contribution < 1.29 is 24.2 Å². The van der Waals surface area contributed by atoms with E-state index in [-0.39, 0.29) is 30.2 Å². The lowest BCUT2D eigenvalue weighted by molar-refractivity contribution is 0.0694. The van der Waals surface area contributed by atoms with Crippen molar-refractivity contribution in [3.63, 3.8) is 0 Å². The predicted octanol–water partition coefficient (Wildman–Crippen LogP) is 1.62. The van der Waals surface area contributed by atoms with E-state index < -0.39 is 28.9 Å². The zero-order valence-corrected chi connectivity index (χ0v) is 13.1. The Bertz CT molecular complexity index is 935. The number of aromatic carboxylic acids is 1. The van der Waals surface area contributed by atoms with Gasteiger partial charge in [0.25, 0.3) is 0 Å². The summed E-state index contributed by atoms with van der Waals surface area (Å²) in [6, 6.07) is 2.16. The molecule has 25 heavy (non-hydrogen) atoms. The zero-order chi connectivity index (χ0) is 18.3. The number of carbonyl (C=O) groups is 2. The van der Waals surface area contributed by atoms with E-state index in [1.54, 1.807) is 4.57 Å². The average molecular weight is 349 g/mol. The van der Waals surface area contributed by atoms with Crippen LogP contribution in [0.15, 0.2) is 23.1 Å². The van der Waals surface area contributed by atoms with Crippen LogP contribution >= 0.6 is 0 Å². The number of benzene rings is 1. The fourth-order valence-corrected chi connectivity index (χ4v) is 2.82. The molecule has 0 saturated heterocycles. The van der Waals surface area contributed by atoms with Crippen molar-refractivity contribution in [1.29, 1.82) is 0 Å². The summed E-state index contributed by atoms with van der Waals surface area (Å²) >= 11 is 0. The second kappa shape index (κ2) is 6.17. The number of aromatic nitrogens is 1. The largest absolute Gasteiger partial charge is 0.477 e. The highest BCUT2D eigenvalue weighted by atomic mass is 19.1. The number of halogens is 1. The molecule has 1 heterocycles. The van der Waals surface area contributed by atoms with Crippen molar-refractivity contribution in [2.75, 3.05) is 18.0 Å². The second-order valence-electron chi connectivity index (χ2n) is 5.86. The fraction of sp³-hybridized carbons (Fsp3) is 0.312. The molecule has 1 aromatic heterocycles. The van der Waals surface area contributed by atoms with Gasteiger partial charge in [-0.15, -0.1) is 0 Å². The monoisotopic (exact) mass is 349 g/mol. The Balaban J connectivity index is 2.31. The number of anilines is 1. The first-order valence-corrected chi connectivity index (χ1v) is 7.67. The third kappa shape index (κ3) is 2.93. The Labute approximate surface area is 140 Å². The van der Waals surface area contributed by atoms with Crippen LogP contribution in [0, 0.1) is 5.82 Å². The number of pyridine rings is 1. The lowest BCUT2D eigenvalue weighted by Crippen LogP contribution is -2.35. The number of nitrogens with zero attached hydrogens (tertiary/aromatic N) is 2. The average Bonchev–Trinajstić information content (AvgIpc) is 3.37. The van der Waals surface area contributed by atoms with Crippen LogP contribution in [0.2, 0.25) is 0 Å². The SMILES string of the molecule is NCCN(C(=O)O)c1cc2c(cc1F)c(=O)c(C(=O)O)cn2C1CC1. The van der Waals surface area contributed by atoms with Gasteiger partial charge in [0.05, 0.1) is 11.2 Å². The fourth-order valence-electron chi connectivity index (χ4n) is 2.82. The van der Waals surface area contributed by atoms with Gasteiger partial charge in [0.1, 0.15) is 11.4 Å². The number of rotatable bonds is 5. The minimum atomic E-state index is -1.39. The topological polar surface area (TPSA) is 126 Å². The first kappa shape index (κ1) is 16.9. The molecule has 1 aliphatic carbocycles. The molecule has 3 rings (SSSR count). The molecule has 0 spiro atoms. The van der Waals surface area contributed by atoms with E-state index in [0.717, 1.165) is 23.8 Å². The number of amides is 1. The molecule has 2 aromatic rings. The first-order valence-electron chi connectivity index (χ1n) is 7.67. The van der Waals surface area contributed by atoms with Gasteiger partial charge in [0, 0.05) is 30.7 Å². The Hall–Kier alpha value is -2.94. The van der Waals surface area contributed by atoms with E-state index in [9.17, 15) is 29.0 Å². The number of hydrogen-bond acceptors (Lipinski definition) is 4. The molecule has 1 aromatic carbocycles. The van der Waals surface area contributed by atoms with Gasteiger partial charge in [-0.3, -0.25) is 9.69 Å². The van der Waals surface area contributed by atoms with Gasteiger partial charge in [0.15, 0.2) is 0 Å². The van der Waals surface area contributed by atoms with E-state index in [1.807, 2.05) is 0 Å². The molecule has 0 unspecified atom stereocenters. The van der Waals surface area contributed by atoms with Gasteiger partial charge in [0.2, 0.25) is 5.43 Å². The Morgan fingerprint density at radius 1 is 1.32 bits per heavy atom.